The summed E-state index contributed by atoms with van der Waals surface area (Å²) in [5.41, 5.74) is 4.55. The lowest BCUT2D eigenvalue weighted by molar-refractivity contribution is -0.153. The number of nitrogens with two attached hydrogens (primary N) is 1. The van der Waals surface area contributed by atoms with E-state index in [1.165, 1.54) is 4.90 Å². The first-order valence-corrected chi connectivity index (χ1v) is 13.3. The van der Waals surface area contributed by atoms with Gasteiger partial charge < -0.3 is 31.1 Å². The number of anilines is 1. The quantitative estimate of drug-likeness (QED) is 0.333. The molecule has 2 fully saturated rings. The fraction of sp³-hybridized carbons (Fsp3) is 0.536. The number of primary amides is 1. The van der Waals surface area contributed by atoms with Gasteiger partial charge in [0.05, 0.1) is 11.6 Å². The molecule has 39 heavy (non-hydrogen) atoms. The number of hydrogen-bond donors (Lipinski definition) is 5. The summed E-state index contributed by atoms with van der Waals surface area (Å²) in [6.07, 6.45) is 1.41. The number of ketones is 2. The van der Waals surface area contributed by atoms with Crippen LogP contribution in [0.1, 0.15) is 35.6 Å². The molecule has 208 valence electrons. The molecule has 0 spiro atoms. The number of fused-ring (bicyclic) bond motifs is 7. The number of benzene rings is 1. The number of aliphatic hydroxyl groups is 3. The summed E-state index contributed by atoms with van der Waals surface area (Å²) in [6, 6.07) is 0.687. The van der Waals surface area contributed by atoms with Gasteiger partial charge in [0, 0.05) is 36.8 Å². The van der Waals surface area contributed by atoms with Crippen molar-refractivity contribution in [2.24, 2.45) is 23.5 Å². The number of Topliss-reactive ketones (excluding diaryl/α,β-unsaturated/α-hetero) is 2. The third-order valence-corrected chi connectivity index (χ3v) is 9.71. The lowest BCUT2D eigenvalue weighted by Crippen LogP contribution is -2.65. The van der Waals surface area contributed by atoms with E-state index in [2.05, 4.69) is 16.8 Å². The molecule has 1 saturated carbocycles. The minimum Gasteiger partial charge on any atom is -0.508 e. The highest BCUT2D eigenvalue weighted by Crippen LogP contribution is 2.56. The molecule has 0 aromatic heterocycles. The monoisotopic (exact) mass is 538 g/mol. The van der Waals surface area contributed by atoms with Gasteiger partial charge >= 0.3 is 0 Å². The number of likely N-dealkylation sites (tertiary alicyclic amines) is 1. The summed E-state index contributed by atoms with van der Waals surface area (Å²) in [5.74, 6) is -5.98. The molecule has 0 radical (unpaired) electrons. The maximum absolute atomic E-state index is 14.0. The summed E-state index contributed by atoms with van der Waals surface area (Å²) in [6.45, 7) is 1.76. The number of phenols is 1. The second-order valence-corrected chi connectivity index (χ2v) is 12.0. The molecule has 2 aliphatic heterocycles. The van der Waals surface area contributed by atoms with Crippen LogP contribution in [-0.4, -0.2) is 101 Å². The molecule has 11 heteroatoms. The van der Waals surface area contributed by atoms with Crippen LogP contribution >= 0.6 is 0 Å². The molecule has 2 heterocycles. The number of aliphatic hydroxyl groups excluding tert-OH is 2. The number of likely N-dealkylation sites (N-methyl/N-ethyl adjacent to an activating group) is 1. The number of rotatable bonds is 2. The van der Waals surface area contributed by atoms with Crippen molar-refractivity contribution in [2.75, 3.05) is 46.2 Å². The summed E-state index contributed by atoms with van der Waals surface area (Å²) in [4.78, 5) is 45.3. The zero-order valence-corrected chi connectivity index (χ0v) is 22.4. The highest BCUT2D eigenvalue weighted by Gasteiger charge is 2.64. The highest BCUT2D eigenvalue weighted by molar-refractivity contribution is 6.24. The van der Waals surface area contributed by atoms with E-state index in [1.807, 2.05) is 7.05 Å². The van der Waals surface area contributed by atoms with E-state index in [0.717, 1.165) is 36.3 Å². The van der Waals surface area contributed by atoms with Gasteiger partial charge in [0.1, 0.15) is 22.8 Å². The van der Waals surface area contributed by atoms with Crippen molar-refractivity contribution < 1.29 is 34.8 Å². The van der Waals surface area contributed by atoms with Crippen LogP contribution in [0.5, 0.6) is 5.75 Å². The van der Waals surface area contributed by atoms with Crippen molar-refractivity contribution in [3.63, 3.8) is 0 Å². The number of carbonyl (C=O) groups is 3. The van der Waals surface area contributed by atoms with Crippen LogP contribution in [0.2, 0.25) is 0 Å². The van der Waals surface area contributed by atoms with Crippen molar-refractivity contribution in [3.05, 3.63) is 39.7 Å². The van der Waals surface area contributed by atoms with Crippen LogP contribution in [0.25, 0.3) is 5.76 Å². The van der Waals surface area contributed by atoms with E-state index in [0.29, 0.717) is 5.92 Å². The zero-order valence-electron chi connectivity index (χ0n) is 22.4. The Kier molecular flexibility index (Phi) is 5.50. The highest BCUT2D eigenvalue weighted by atomic mass is 16.3. The van der Waals surface area contributed by atoms with Gasteiger partial charge in [-0.25, -0.2) is 0 Å². The summed E-state index contributed by atoms with van der Waals surface area (Å²) < 4.78 is 0. The van der Waals surface area contributed by atoms with E-state index < -0.39 is 58.0 Å². The third-order valence-electron chi connectivity index (χ3n) is 9.71. The zero-order chi connectivity index (χ0) is 28.3. The Morgan fingerprint density at radius 1 is 1.18 bits per heavy atom. The van der Waals surface area contributed by atoms with E-state index >= 15 is 0 Å². The van der Waals surface area contributed by atoms with Crippen molar-refractivity contribution in [1.82, 2.24) is 9.80 Å². The Balaban J connectivity index is 1.56. The average Bonchev–Trinajstić information content (AvgIpc) is 3.21. The van der Waals surface area contributed by atoms with Crippen LogP contribution in [0, 0.1) is 17.8 Å². The molecule has 1 amide bonds. The molecule has 2 unspecified atom stereocenters. The van der Waals surface area contributed by atoms with Crippen molar-refractivity contribution in [2.45, 2.75) is 36.9 Å². The van der Waals surface area contributed by atoms with Gasteiger partial charge in [-0.3, -0.25) is 24.2 Å². The maximum atomic E-state index is 14.0. The first kappa shape index (κ1) is 25.8. The van der Waals surface area contributed by atoms with Crippen molar-refractivity contribution >= 4 is 28.9 Å². The lowest BCUT2D eigenvalue weighted by atomic mass is 9.57. The largest absolute Gasteiger partial charge is 0.508 e. The Morgan fingerprint density at radius 2 is 1.87 bits per heavy atom. The minimum atomic E-state index is -2.63. The predicted molar refractivity (Wildman–Crippen MR) is 141 cm³/mol. The van der Waals surface area contributed by atoms with Crippen LogP contribution in [0.4, 0.5) is 5.69 Å². The smallest absolute Gasteiger partial charge is 0.255 e. The Morgan fingerprint density at radius 3 is 2.51 bits per heavy atom. The molecule has 6 N–H and O–H groups in total. The van der Waals surface area contributed by atoms with Gasteiger partial charge in [0.15, 0.2) is 11.4 Å². The van der Waals surface area contributed by atoms with Crippen LogP contribution in [0.3, 0.4) is 0 Å². The van der Waals surface area contributed by atoms with E-state index in [9.17, 15) is 34.8 Å². The van der Waals surface area contributed by atoms with E-state index in [-0.39, 0.29) is 35.8 Å². The van der Waals surface area contributed by atoms with Gasteiger partial charge in [-0.05, 0) is 76.0 Å². The standard InChI is InChI=1S/C28H34N4O7/c1-30(2)22-15-8-12-7-13-18(16(33)9-14-20-11(5-6-31(20)3)10-32(4)21(13)14)23(34)17(12)25(36)28(15,39)26(37)19(24(22)35)27(29)38/h9,11-12,15,20,22,33-34,37,39H,5-8,10H2,1-4H3,(H2,29,38)/t11?,12-,15-,20?,22+,28+/m1/s1. The number of aromatic hydroxyl groups is 1. The number of amides is 1. The van der Waals surface area contributed by atoms with Gasteiger partial charge in [-0.2, -0.15) is 0 Å². The molecular formula is C28H34N4O7. The van der Waals surface area contributed by atoms with Crippen LogP contribution in [0.15, 0.2) is 23.0 Å². The average molecular weight is 539 g/mol. The molecule has 1 saturated heterocycles. The normalized spacial score (nSPS) is 34.1. The molecular weight excluding hydrogens is 504 g/mol. The fourth-order valence-electron chi connectivity index (χ4n) is 8.16. The molecule has 5 aliphatic rings. The van der Waals surface area contributed by atoms with Crippen LogP contribution < -0.4 is 10.6 Å². The van der Waals surface area contributed by atoms with Gasteiger partial charge in [0.25, 0.3) is 5.91 Å². The number of hydrogen-bond acceptors (Lipinski definition) is 10. The van der Waals surface area contributed by atoms with Crippen molar-refractivity contribution in [3.8, 4) is 5.75 Å². The SMILES string of the molecule is CN1CC2CCN(C)C2c2cc(O)c3c(c21)C[C@@H]1C[C@@H]2[C@H](N(C)C)C(=O)C(C(N)=O)=C(O)[C@@]2(O)C(=O)C1=C3O. The minimum absolute atomic E-state index is 0.0753. The molecule has 6 rings (SSSR count). The van der Waals surface area contributed by atoms with E-state index in [1.54, 1.807) is 20.2 Å². The topological polar surface area (TPSA) is 168 Å². The second-order valence-electron chi connectivity index (χ2n) is 12.0. The number of nitrogens with zero attached hydrogens (tertiary/aromatic N) is 3. The number of phenolic OH excluding ortho intramolecular Hbond substituents is 1. The van der Waals surface area contributed by atoms with Gasteiger partial charge in [-0.1, -0.05) is 0 Å². The number of carbonyl (C=O) groups excluding carboxylic acids is 3. The molecule has 0 bridgehead atoms. The van der Waals surface area contributed by atoms with Gasteiger partial charge in [0.2, 0.25) is 5.78 Å². The molecule has 1 aromatic carbocycles. The van der Waals surface area contributed by atoms with E-state index in [4.69, 9.17) is 5.73 Å². The summed E-state index contributed by atoms with van der Waals surface area (Å²) in [7, 11) is 7.23. The second kappa shape index (κ2) is 8.30. The predicted octanol–water partition coefficient (Wildman–Crippen LogP) is 0.407. The van der Waals surface area contributed by atoms with Gasteiger partial charge in [-0.15, -0.1) is 0 Å². The van der Waals surface area contributed by atoms with Crippen molar-refractivity contribution in [1.29, 1.82) is 0 Å². The van der Waals surface area contributed by atoms with Crippen LogP contribution in [-0.2, 0) is 20.8 Å². The molecule has 6 atom stereocenters. The lowest BCUT2D eigenvalue weighted by Gasteiger charge is -2.50. The first-order valence-electron chi connectivity index (χ1n) is 13.3. The first-order chi connectivity index (χ1) is 18.3. The Labute approximate surface area is 225 Å². The summed E-state index contributed by atoms with van der Waals surface area (Å²) in [5, 5.41) is 45.4. The summed E-state index contributed by atoms with van der Waals surface area (Å²) >= 11 is 0. The Bertz CT molecular complexity index is 1410. The fourth-order valence-corrected chi connectivity index (χ4v) is 8.16. The molecule has 1 aromatic rings. The Hall–Kier alpha value is -3.41. The maximum Gasteiger partial charge on any atom is 0.255 e. The molecule has 11 nitrogen and oxygen atoms in total. The molecule has 3 aliphatic carbocycles. The third kappa shape index (κ3) is 3.17.